The number of aliphatic imine (C=N–C) groups is 1. The van der Waals surface area contributed by atoms with E-state index < -0.39 is 0 Å². The van der Waals surface area contributed by atoms with Gasteiger partial charge in [0.1, 0.15) is 11.6 Å². The predicted octanol–water partition coefficient (Wildman–Crippen LogP) is 2.36. The van der Waals surface area contributed by atoms with Crippen LogP contribution in [0.5, 0.6) is 11.5 Å². The Labute approximate surface area is 179 Å². The van der Waals surface area contributed by atoms with Crippen molar-refractivity contribution in [2.45, 2.75) is 51.5 Å². The summed E-state index contributed by atoms with van der Waals surface area (Å²) in [6.45, 7) is 2.69. The van der Waals surface area contributed by atoms with Crippen LogP contribution in [0.1, 0.15) is 42.9 Å². The molecule has 2 heterocycles. The van der Waals surface area contributed by atoms with Crippen molar-refractivity contribution in [2.75, 3.05) is 34.4 Å². The van der Waals surface area contributed by atoms with E-state index >= 15 is 0 Å². The summed E-state index contributed by atoms with van der Waals surface area (Å²) < 4.78 is 13.0. The van der Waals surface area contributed by atoms with Crippen molar-refractivity contribution >= 4 is 5.96 Å². The van der Waals surface area contributed by atoms with E-state index in [1.54, 1.807) is 21.3 Å². The Morgan fingerprint density at radius 3 is 2.67 bits per heavy atom. The third-order valence-electron chi connectivity index (χ3n) is 5.43. The van der Waals surface area contributed by atoms with Crippen molar-refractivity contribution in [1.29, 1.82) is 0 Å². The summed E-state index contributed by atoms with van der Waals surface area (Å²) in [6.07, 6.45) is 7.60. The number of aryl methyl sites for hydroxylation is 2. The SMILES string of the molecule is CN=C(NCCCc1nnc2n1CCCCC2)NCCc1ccc(OC)c(OC)c1. The van der Waals surface area contributed by atoms with Gasteiger partial charge in [-0.25, -0.2) is 0 Å². The number of methoxy groups -OCH3 is 2. The van der Waals surface area contributed by atoms with Gasteiger partial charge in [0.05, 0.1) is 14.2 Å². The van der Waals surface area contributed by atoms with E-state index in [0.29, 0.717) is 0 Å². The van der Waals surface area contributed by atoms with E-state index in [1.165, 1.54) is 24.8 Å². The van der Waals surface area contributed by atoms with E-state index in [2.05, 4.69) is 36.5 Å². The van der Waals surface area contributed by atoms with Crippen LogP contribution in [-0.2, 0) is 25.8 Å². The summed E-state index contributed by atoms with van der Waals surface area (Å²) in [4.78, 5) is 4.31. The van der Waals surface area contributed by atoms with E-state index in [4.69, 9.17) is 9.47 Å². The zero-order chi connectivity index (χ0) is 21.2. The van der Waals surface area contributed by atoms with Crippen LogP contribution < -0.4 is 20.1 Å². The van der Waals surface area contributed by atoms with Crippen LogP contribution in [0, 0.1) is 0 Å². The number of aromatic nitrogens is 3. The first-order chi connectivity index (χ1) is 14.7. The van der Waals surface area contributed by atoms with Crippen LogP contribution in [0.2, 0.25) is 0 Å². The number of guanidine groups is 1. The summed E-state index contributed by atoms with van der Waals surface area (Å²) in [7, 11) is 5.10. The highest BCUT2D eigenvalue weighted by Gasteiger charge is 2.14. The lowest BCUT2D eigenvalue weighted by Crippen LogP contribution is -2.38. The maximum atomic E-state index is 5.37. The maximum Gasteiger partial charge on any atom is 0.190 e. The fourth-order valence-electron chi connectivity index (χ4n) is 3.77. The summed E-state index contributed by atoms with van der Waals surface area (Å²) in [5, 5.41) is 15.5. The van der Waals surface area contributed by atoms with Gasteiger partial charge < -0.3 is 24.7 Å². The smallest absolute Gasteiger partial charge is 0.190 e. The molecule has 1 aliphatic heterocycles. The Kier molecular flexibility index (Phi) is 8.35. The first-order valence-electron chi connectivity index (χ1n) is 10.8. The van der Waals surface area contributed by atoms with Gasteiger partial charge in [-0.3, -0.25) is 4.99 Å². The molecule has 3 rings (SSSR count). The summed E-state index contributed by atoms with van der Waals surface area (Å²) >= 11 is 0. The summed E-state index contributed by atoms with van der Waals surface area (Å²) in [6, 6.07) is 6.01. The highest BCUT2D eigenvalue weighted by molar-refractivity contribution is 5.79. The molecule has 0 fully saturated rings. The lowest BCUT2D eigenvalue weighted by molar-refractivity contribution is 0.354. The van der Waals surface area contributed by atoms with Crippen molar-refractivity contribution in [3.8, 4) is 11.5 Å². The highest BCUT2D eigenvalue weighted by Crippen LogP contribution is 2.27. The molecular formula is C22H34N6O2. The van der Waals surface area contributed by atoms with Crippen LogP contribution in [0.25, 0.3) is 0 Å². The molecule has 0 saturated carbocycles. The second-order valence-electron chi connectivity index (χ2n) is 7.46. The molecule has 0 aliphatic carbocycles. The average molecular weight is 415 g/mol. The Hall–Kier alpha value is -2.77. The topological polar surface area (TPSA) is 85.6 Å². The number of rotatable bonds is 9. The monoisotopic (exact) mass is 414 g/mol. The number of nitrogens with zero attached hydrogens (tertiary/aromatic N) is 4. The number of ether oxygens (including phenoxy) is 2. The van der Waals surface area contributed by atoms with Crippen molar-refractivity contribution in [3.63, 3.8) is 0 Å². The lowest BCUT2D eigenvalue weighted by Gasteiger charge is -2.13. The molecule has 0 spiro atoms. The van der Waals surface area contributed by atoms with Gasteiger partial charge >= 0.3 is 0 Å². The van der Waals surface area contributed by atoms with Gasteiger partial charge in [0.15, 0.2) is 17.5 Å². The van der Waals surface area contributed by atoms with E-state index in [0.717, 1.165) is 74.4 Å². The fourth-order valence-corrected chi connectivity index (χ4v) is 3.77. The number of hydrogen-bond acceptors (Lipinski definition) is 5. The molecule has 2 N–H and O–H groups in total. The first kappa shape index (κ1) is 21.9. The molecule has 8 heteroatoms. The Morgan fingerprint density at radius 2 is 1.87 bits per heavy atom. The van der Waals surface area contributed by atoms with Gasteiger partial charge in [-0.2, -0.15) is 0 Å². The normalized spacial score (nSPS) is 14.0. The molecule has 164 valence electrons. The largest absolute Gasteiger partial charge is 0.493 e. The quantitative estimate of drug-likeness (QED) is 0.372. The molecule has 1 aromatic carbocycles. The third-order valence-corrected chi connectivity index (χ3v) is 5.43. The van der Waals surface area contributed by atoms with Crippen molar-refractivity contribution in [1.82, 2.24) is 25.4 Å². The average Bonchev–Trinajstić information content (AvgIpc) is 3.00. The molecule has 0 bridgehead atoms. The van der Waals surface area contributed by atoms with Gasteiger partial charge in [-0.15, -0.1) is 10.2 Å². The van der Waals surface area contributed by atoms with Crippen molar-refractivity contribution in [2.24, 2.45) is 4.99 Å². The lowest BCUT2D eigenvalue weighted by atomic mass is 10.1. The van der Waals surface area contributed by atoms with Crippen molar-refractivity contribution in [3.05, 3.63) is 35.4 Å². The van der Waals surface area contributed by atoms with Crippen molar-refractivity contribution < 1.29 is 9.47 Å². The molecular weight excluding hydrogens is 380 g/mol. The second kappa shape index (κ2) is 11.4. The molecule has 1 aliphatic rings. The minimum absolute atomic E-state index is 0.747. The standard InChI is InChI=1S/C22H34N6O2/c1-23-22(25-14-12-17-10-11-18(29-2)19(16-17)30-3)24-13-7-9-21-27-26-20-8-5-4-6-15-28(20)21/h10-11,16H,4-9,12-15H2,1-3H3,(H2,23,24,25). The first-order valence-corrected chi connectivity index (χ1v) is 10.8. The van der Waals surface area contributed by atoms with E-state index in [9.17, 15) is 0 Å². The van der Waals surface area contributed by atoms with Crippen LogP contribution in [0.3, 0.4) is 0 Å². The molecule has 1 aromatic heterocycles. The van der Waals surface area contributed by atoms with Gasteiger partial charge in [0.25, 0.3) is 0 Å². The van der Waals surface area contributed by atoms with Gasteiger partial charge in [-0.1, -0.05) is 12.5 Å². The van der Waals surface area contributed by atoms with Crippen LogP contribution in [0.15, 0.2) is 23.2 Å². The molecule has 0 radical (unpaired) electrons. The Morgan fingerprint density at radius 1 is 1.03 bits per heavy atom. The molecule has 0 unspecified atom stereocenters. The number of benzene rings is 1. The molecule has 30 heavy (non-hydrogen) atoms. The minimum Gasteiger partial charge on any atom is -0.493 e. The fraction of sp³-hybridized carbons (Fsp3) is 0.591. The van der Waals surface area contributed by atoms with Crippen LogP contribution in [0.4, 0.5) is 0 Å². The number of hydrogen-bond donors (Lipinski definition) is 2. The molecule has 2 aromatic rings. The Bertz CT molecular complexity index is 833. The van der Waals surface area contributed by atoms with Gasteiger partial charge in [-0.05, 0) is 43.4 Å². The minimum atomic E-state index is 0.747. The maximum absolute atomic E-state index is 5.37. The molecule has 8 nitrogen and oxygen atoms in total. The number of nitrogens with one attached hydrogen (secondary N) is 2. The van der Waals surface area contributed by atoms with E-state index in [1.807, 2.05) is 12.1 Å². The third kappa shape index (κ3) is 5.87. The summed E-state index contributed by atoms with van der Waals surface area (Å²) in [5.74, 6) is 4.59. The van der Waals surface area contributed by atoms with Gasteiger partial charge in [0.2, 0.25) is 0 Å². The van der Waals surface area contributed by atoms with E-state index in [-0.39, 0.29) is 0 Å². The number of fused-ring (bicyclic) bond motifs is 1. The zero-order valence-electron chi connectivity index (χ0n) is 18.4. The molecule has 0 saturated heterocycles. The summed E-state index contributed by atoms with van der Waals surface area (Å²) in [5.41, 5.74) is 1.18. The van der Waals surface area contributed by atoms with Crippen LogP contribution >= 0.6 is 0 Å². The second-order valence-corrected chi connectivity index (χ2v) is 7.46. The predicted molar refractivity (Wildman–Crippen MR) is 119 cm³/mol. The molecule has 0 atom stereocenters. The Balaban J connectivity index is 1.39. The van der Waals surface area contributed by atoms with Crippen LogP contribution in [-0.4, -0.2) is 55.1 Å². The van der Waals surface area contributed by atoms with Gasteiger partial charge in [0, 0.05) is 39.5 Å². The zero-order valence-corrected chi connectivity index (χ0v) is 18.4. The molecule has 0 amide bonds. The highest BCUT2D eigenvalue weighted by atomic mass is 16.5.